The topological polar surface area (TPSA) is 125 Å². The molecule has 0 aliphatic rings. The Bertz CT molecular complexity index is 561. The van der Waals surface area contributed by atoms with Gasteiger partial charge in [-0.2, -0.15) is 0 Å². The molecule has 1 aromatic carbocycles. The van der Waals surface area contributed by atoms with Crippen molar-refractivity contribution >= 4 is 16.8 Å². The predicted octanol–water partition coefficient (Wildman–Crippen LogP) is 0.528. The summed E-state index contributed by atoms with van der Waals surface area (Å²) >= 11 is 0. The minimum absolute atomic E-state index is 0.0252. The van der Waals surface area contributed by atoms with Crippen LogP contribution in [0.15, 0.2) is 21.8 Å². The molecule has 7 heteroatoms. The zero-order valence-corrected chi connectivity index (χ0v) is 8.08. The molecule has 0 saturated heterocycles. The Kier molecular flexibility index (Phi) is 2.28. The van der Waals surface area contributed by atoms with Crippen LogP contribution in [0.3, 0.4) is 0 Å². The van der Waals surface area contributed by atoms with Gasteiger partial charge in [0.05, 0.1) is 12.1 Å². The molecule has 0 amide bonds. The number of hydrogen-bond donors (Lipinski definition) is 4. The van der Waals surface area contributed by atoms with E-state index in [1.54, 1.807) is 0 Å². The molecular weight excluding hydrogens is 214 g/mol. The molecule has 0 unspecified atom stereocenters. The fourth-order valence-corrected chi connectivity index (χ4v) is 1.36. The SMILES string of the molecule is NC(Cc1noc2c(O)c(O)ccc12)=NO. The van der Waals surface area contributed by atoms with Crippen molar-refractivity contribution < 1.29 is 19.9 Å². The van der Waals surface area contributed by atoms with Crippen molar-refractivity contribution in [3.63, 3.8) is 0 Å². The van der Waals surface area contributed by atoms with Gasteiger partial charge in [0.25, 0.3) is 0 Å². The molecule has 0 saturated carbocycles. The summed E-state index contributed by atoms with van der Waals surface area (Å²) in [6.07, 6.45) is 0.0910. The highest BCUT2D eigenvalue weighted by Crippen LogP contribution is 2.34. The number of phenols is 2. The summed E-state index contributed by atoms with van der Waals surface area (Å²) in [5.41, 5.74) is 5.82. The zero-order chi connectivity index (χ0) is 11.7. The number of fused-ring (bicyclic) bond motifs is 1. The number of oxime groups is 1. The second-order valence-electron chi connectivity index (χ2n) is 3.21. The molecule has 0 aliphatic carbocycles. The van der Waals surface area contributed by atoms with E-state index in [0.29, 0.717) is 11.1 Å². The predicted molar refractivity (Wildman–Crippen MR) is 54.5 cm³/mol. The summed E-state index contributed by atoms with van der Waals surface area (Å²) < 4.78 is 4.85. The fraction of sp³-hybridized carbons (Fsp3) is 0.111. The average Bonchev–Trinajstić information content (AvgIpc) is 2.67. The molecule has 0 aliphatic heterocycles. The molecular formula is C9H9N3O4. The molecule has 1 aromatic heterocycles. The van der Waals surface area contributed by atoms with Crippen LogP contribution in [0.5, 0.6) is 11.5 Å². The number of phenolic OH excluding ortho intramolecular Hbond substituents is 2. The molecule has 5 N–H and O–H groups in total. The molecule has 0 bridgehead atoms. The van der Waals surface area contributed by atoms with Gasteiger partial charge in [-0.15, -0.1) is 0 Å². The summed E-state index contributed by atoms with van der Waals surface area (Å²) in [6.45, 7) is 0. The lowest BCUT2D eigenvalue weighted by Gasteiger charge is -1.97. The van der Waals surface area contributed by atoms with Crippen molar-refractivity contribution in [2.45, 2.75) is 6.42 Å². The van der Waals surface area contributed by atoms with Gasteiger partial charge in [0.15, 0.2) is 5.75 Å². The maximum Gasteiger partial charge on any atom is 0.212 e. The summed E-state index contributed by atoms with van der Waals surface area (Å²) in [4.78, 5) is 0. The Morgan fingerprint density at radius 1 is 1.44 bits per heavy atom. The minimum Gasteiger partial charge on any atom is -0.504 e. The van der Waals surface area contributed by atoms with Crippen molar-refractivity contribution in [1.82, 2.24) is 5.16 Å². The molecule has 2 rings (SSSR count). The van der Waals surface area contributed by atoms with E-state index in [1.807, 2.05) is 0 Å². The largest absolute Gasteiger partial charge is 0.504 e. The third-order valence-corrected chi connectivity index (χ3v) is 2.15. The molecule has 0 fully saturated rings. The Labute approximate surface area is 89.4 Å². The van der Waals surface area contributed by atoms with E-state index < -0.39 is 0 Å². The van der Waals surface area contributed by atoms with E-state index >= 15 is 0 Å². The number of amidine groups is 1. The average molecular weight is 223 g/mol. The summed E-state index contributed by atoms with van der Waals surface area (Å²) in [5.74, 6) is -0.697. The first-order valence-electron chi connectivity index (χ1n) is 4.39. The molecule has 2 aromatic rings. The van der Waals surface area contributed by atoms with Crippen molar-refractivity contribution in [3.05, 3.63) is 17.8 Å². The van der Waals surface area contributed by atoms with Crippen LogP contribution >= 0.6 is 0 Å². The maximum atomic E-state index is 9.47. The van der Waals surface area contributed by atoms with Crippen LogP contribution in [0.1, 0.15) is 5.69 Å². The van der Waals surface area contributed by atoms with Gasteiger partial charge in [-0.25, -0.2) is 0 Å². The van der Waals surface area contributed by atoms with Crippen LogP contribution in [0.2, 0.25) is 0 Å². The van der Waals surface area contributed by atoms with E-state index in [2.05, 4.69) is 10.3 Å². The number of rotatable bonds is 2. The molecule has 0 atom stereocenters. The number of benzene rings is 1. The van der Waals surface area contributed by atoms with Crippen LogP contribution in [-0.2, 0) is 6.42 Å². The standard InChI is InChI=1S/C9H9N3O4/c10-7(11-15)3-5-4-1-2-6(13)8(14)9(4)16-12-5/h1-2,13-15H,3H2,(H2,10,11). The Hall–Kier alpha value is -2.44. The van der Waals surface area contributed by atoms with Gasteiger partial charge in [-0.1, -0.05) is 10.3 Å². The van der Waals surface area contributed by atoms with Crippen LogP contribution in [0.4, 0.5) is 0 Å². The van der Waals surface area contributed by atoms with Crippen molar-refractivity contribution in [2.24, 2.45) is 10.9 Å². The van der Waals surface area contributed by atoms with Gasteiger partial charge in [-0.05, 0) is 12.1 Å². The maximum absolute atomic E-state index is 9.47. The van der Waals surface area contributed by atoms with Gasteiger partial charge < -0.3 is 25.7 Å². The summed E-state index contributed by atoms with van der Waals surface area (Å²) in [6, 6.07) is 2.84. The van der Waals surface area contributed by atoms with Gasteiger partial charge in [0, 0.05) is 5.39 Å². The van der Waals surface area contributed by atoms with Crippen molar-refractivity contribution in [3.8, 4) is 11.5 Å². The highest BCUT2D eigenvalue weighted by molar-refractivity contribution is 5.91. The second-order valence-corrected chi connectivity index (χ2v) is 3.21. The third-order valence-electron chi connectivity index (χ3n) is 2.15. The normalized spacial score (nSPS) is 12.1. The minimum atomic E-state index is -0.379. The lowest BCUT2D eigenvalue weighted by atomic mass is 10.1. The monoisotopic (exact) mass is 223 g/mol. The van der Waals surface area contributed by atoms with E-state index in [-0.39, 0.29) is 29.3 Å². The summed E-state index contributed by atoms with van der Waals surface area (Å²) in [7, 11) is 0. The highest BCUT2D eigenvalue weighted by atomic mass is 16.5. The zero-order valence-electron chi connectivity index (χ0n) is 8.08. The molecule has 16 heavy (non-hydrogen) atoms. The Morgan fingerprint density at radius 3 is 2.88 bits per heavy atom. The Morgan fingerprint density at radius 2 is 2.19 bits per heavy atom. The van der Waals surface area contributed by atoms with E-state index in [9.17, 15) is 10.2 Å². The summed E-state index contributed by atoms with van der Waals surface area (Å²) in [5, 5.41) is 34.1. The van der Waals surface area contributed by atoms with E-state index in [4.69, 9.17) is 15.5 Å². The molecule has 84 valence electrons. The second kappa shape index (κ2) is 3.61. The lowest BCUT2D eigenvalue weighted by molar-refractivity contribution is 0.317. The number of aromatic hydroxyl groups is 2. The quantitative estimate of drug-likeness (QED) is 0.193. The molecule has 1 heterocycles. The van der Waals surface area contributed by atoms with Crippen molar-refractivity contribution in [1.29, 1.82) is 0 Å². The van der Waals surface area contributed by atoms with E-state index in [1.165, 1.54) is 12.1 Å². The lowest BCUT2D eigenvalue weighted by Crippen LogP contribution is -2.14. The van der Waals surface area contributed by atoms with Crippen LogP contribution in [-0.4, -0.2) is 26.4 Å². The first kappa shape index (κ1) is 10.1. The van der Waals surface area contributed by atoms with Crippen LogP contribution in [0.25, 0.3) is 11.0 Å². The molecule has 0 radical (unpaired) electrons. The van der Waals surface area contributed by atoms with Crippen LogP contribution in [0, 0.1) is 0 Å². The smallest absolute Gasteiger partial charge is 0.212 e. The van der Waals surface area contributed by atoms with Gasteiger partial charge in [-0.3, -0.25) is 0 Å². The fourth-order valence-electron chi connectivity index (χ4n) is 1.36. The van der Waals surface area contributed by atoms with Gasteiger partial charge in [0.2, 0.25) is 11.3 Å². The molecule has 0 spiro atoms. The first-order valence-corrected chi connectivity index (χ1v) is 4.39. The molecule has 7 nitrogen and oxygen atoms in total. The number of nitrogens with zero attached hydrogens (tertiary/aromatic N) is 2. The Balaban J connectivity index is 2.54. The van der Waals surface area contributed by atoms with Crippen LogP contribution < -0.4 is 5.73 Å². The van der Waals surface area contributed by atoms with Gasteiger partial charge >= 0.3 is 0 Å². The van der Waals surface area contributed by atoms with Crippen molar-refractivity contribution in [2.75, 3.05) is 0 Å². The first-order chi connectivity index (χ1) is 7.63. The van der Waals surface area contributed by atoms with Gasteiger partial charge in [0.1, 0.15) is 5.84 Å². The third kappa shape index (κ3) is 1.48. The number of hydrogen-bond acceptors (Lipinski definition) is 6. The highest BCUT2D eigenvalue weighted by Gasteiger charge is 2.15. The number of aromatic nitrogens is 1. The van der Waals surface area contributed by atoms with E-state index in [0.717, 1.165) is 0 Å². The number of nitrogens with two attached hydrogens (primary N) is 1.